The highest BCUT2D eigenvalue weighted by molar-refractivity contribution is 7.23. The summed E-state index contributed by atoms with van der Waals surface area (Å²) in [7, 11) is 1.60. The zero-order valence-electron chi connectivity index (χ0n) is 17.1. The number of halogens is 1. The van der Waals surface area contributed by atoms with Gasteiger partial charge in [-0.05, 0) is 36.8 Å². The number of carbonyl (C=O) groups is 1. The predicted molar refractivity (Wildman–Crippen MR) is 121 cm³/mol. The molecule has 0 atom stereocenters. The van der Waals surface area contributed by atoms with Crippen molar-refractivity contribution in [2.75, 3.05) is 51.4 Å². The first-order valence-corrected chi connectivity index (χ1v) is 11.1. The number of aryl methyl sites for hydroxylation is 1. The average Bonchev–Trinajstić information content (AvgIpc) is 3.24. The van der Waals surface area contributed by atoms with Gasteiger partial charge in [-0.2, -0.15) is 0 Å². The molecule has 158 valence electrons. The quantitative estimate of drug-likeness (QED) is 0.567. The van der Waals surface area contributed by atoms with Gasteiger partial charge >= 0.3 is 0 Å². The second-order valence-corrected chi connectivity index (χ2v) is 8.57. The van der Waals surface area contributed by atoms with E-state index in [1.807, 2.05) is 31.2 Å². The van der Waals surface area contributed by atoms with Gasteiger partial charge in [-0.1, -0.05) is 35.1 Å². The van der Waals surface area contributed by atoms with E-state index in [2.05, 4.69) is 4.90 Å². The van der Waals surface area contributed by atoms with Crippen LogP contribution in [0.1, 0.15) is 15.9 Å². The zero-order chi connectivity index (χ0) is 21.1. The highest BCUT2D eigenvalue weighted by atomic mass is 35.5. The zero-order valence-corrected chi connectivity index (χ0v) is 18.6. The predicted octanol–water partition coefficient (Wildman–Crippen LogP) is 4.25. The summed E-state index contributed by atoms with van der Waals surface area (Å²) in [6.07, 6.45) is 0. The van der Waals surface area contributed by atoms with Gasteiger partial charge in [-0.3, -0.25) is 14.6 Å². The molecule has 0 radical (unpaired) electrons. The number of ether oxygens (including phenoxy) is 2. The molecular formula is C22H24ClN3O3S. The van der Waals surface area contributed by atoms with Gasteiger partial charge in [0.15, 0.2) is 5.13 Å². The maximum absolute atomic E-state index is 13.5. The Morgan fingerprint density at radius 1 is 1.30 bits per heavy atom. The van der Waals surface area contributed by atoms with Crippen LogP contribution in [0.25, 0.3) is 10.2 Å². The van der Waals surface area contributed by atoms with Crippen LogP contribution in [0, 0.1) is 6.92 Å². The van der Waals surface area contributed by atoms with Gasteiger partial charge in [0.05, 0.1) is 35.6 Å². The van der Waals surface area contributed by atoms with Crippen molar-refractivity contribution in [2.45, 2.75) is 6.92 Å². The minimum atomic E-state index is -0.102. The minimum Gasteiger partial charge on any atom is -0.497 e. The second kappa shape index (κ2) is 9.31. The van der Waals surface area contributed by atoms with Crippen LogP contribution in [0.2, 0.25) is 5.02 Å². The third-order valence-corrected chi connectivity index (χ3v) is 6.76. The molecule has 0 saturated carbocycles. The van der Waals surface area contributed by atoms with Crippen LogP contribution in [-0.2, 0) is 4.74 Å². The molecule has 1 aliphatic rings. The van der Waals surface area contributed by atoms with Crippen LogP contribution < -0.4 is 9.64 Å². The van der Waals surface area contributed by atoms with Gasteiger partial charge in [0.2, 0.25) is 0 Å². The Bertz CT molecular complexity index is 1010. The first-order chi connectivity index (χ1) is 14.6. The smallest absolute Gasteiger partial charge is 0.260 e. The van der Waals surface area contributed by atoms with Crippen molar-refractivity contribution >= 4 is 44.2 Å². The van der Waals surface area contributed by atoms with Gasteiger partial charge in [0.25, 0.3) is 5.91 Å². The number of methoxy groups -OCH3 is 1. The van der Waals surface area contributed by atoms with Crippen LogP contribution in [0.3, 0.4) is 0 Å². The summed E-state index contributed by atoms with van der Waals surface area (Å²) in [5.41, 5.74) is 2.45. The Hall–Kier alpha value is -2.19. The van der Waals surface area contributed by atoms with Crippen molar-refractivity contribution in [3.63, 3.8) is 0 Å². The van der Waals surface area contributed by atoms with Crippen LogP contribution >= 0.6 is 22.9 Å². The first kappa shape index (κ1) is 21.1. The van der Waals surface area contributed by atoms with Crippen LogP contribution in [0.15, 0.2) is 36.4 Å². The molecule has 0 N–H and O–H groups in total. The van der Waals surface area contributed by atoms with E-state index in [9.17, 15) is 4.79 Å². The lowest BCUT2D eigenvalue weighted by Gasteiger charge is -2.29. The summed E-state index contributed by atoms with van der Waals surface area (Å²) < 4.78 is 11.6. The highest BCUT2D eigenvalue weighted by Crippen LogP contribution is 2.36. The van der Waals surface area contributed by atoms with Crippen molar-refractivity contribution in [3.8, 4) is 5.75 Å². The summed E-state index contributed by atoms with van der Waals surface area (Å²) >= 11 is 7.86. The van der Waals surface area contributed by atoms with Gasteiger partial charge in [-0.25, -0.2) is 4.98 Å². The first-order valence-electron chi connectivity index (χ1n) is 9.88. The van der Waals surface area contributed by atoms with Gasteiger partial charge in [-0.15, -0.1) is 0 Å². The fourth-order valence-corrected chi connectivity index (χ4v) is 4.81. The highest BCUT2D eigenvalue weighted by Gasteiger charge is 2.24. The van der Waals surface area contributed by atoms with Gasteiger partial charge in [0.1, 0.15) is 5.75 Å². The summed E-state index contributed by atoms with van der Waals surface area (Å²) in [5.74, 6) is 0.548. The molecule has 1 saturated heterocycles. The number of aromatic nitrogens is 1. The number of morpholine rings is 1. The Kier molecular flexibility index (Phi) is 6.53. The van der Waals surface area contributed by atoms with E-state index in [1.54, 1.807) is 24.1 Å². The van der Waals surface area contributed by atoms with E-state index >= 15 is 0 Å². The molecule has 0 unspecified atom stereocenters. The number of carbonyl (C=O) groups excluding carboxylic acids is 1. The van der Waals surface area contributed by atoms with Crippen molar-refractivity contribution in [1.29, 1.82) is 0 Å². The third kappa shape index (κ3) is 4.44. The molecule has 6 nitrogen and oxygen atoms in total. The molecule has 2 aromatic carbocycles. The lowest BCUT2D eigenvalue weighted by atomic mass is 10.2. The molecule has 1 aromatic heterocycles. The Labute approximate surface area is 185 Å². The van der Waals surface area contributed by atoms with Crippen LogP contribution in [0.5, 0.6) is 5.75 Å². The topological polar surface area (TPSA) is 54.9 Å². The third-order valence-electron chi connectivity index (χ3n) is 5.22. The fraction of sp³-hybridized carbons (Fsp3) is 0.364. The van der Waals surface area contributed by atoms with Crippen molar-refractivity contribution in [2.24, 2.45) is 0 Å². The number of nitrogens with zero attached hydrogens (tertiary/aromatic N) is 3. The minimum absolute atomic E-state index is 0.102. The van der Waals surface area contributed by atoms with Crippen molar-refractivity contribution < 1.29 is 14.3 Å². The van der Waals surface area contributed by atoms with E-state index in [1.165, 1.54) is 11.3 Å². The van der Waals surface area contributed by atoms with E-state index in [0.29, 0.717) is 28.0 Å². The summed E-state index contributed by atoms with van der Waals surface area (Å²) in [5, 5.41) is 1.31. The van der Waals surface area contributed by atoms with E-state index < -0.39 is 0 Å². The molecule has 1 fully saturated rings. The van der Waals surface area contributed by atoms with Gasteiger partial charge < -0.3 is 9.47 Å². The van der Waals surface area contributed by atoms with E-state index in [4.69, 9.17) is 26.1 Å². The van der Waals surface area contributed by atoms with Crippen LogP contribution in [-0.4, -0.2) is 62.3 Å². The lowest BCUT2D eigenvalue weighted by molar-refractivity contribution is 0.0391. The number of thiazole rings is 1. The number of fused-ring (bicyclic) bond motifs is 1. The molecule has 8 heteroatoms. The summed E-state index contributed by atoms with van der Waals surface area (Å²) in [4.78, 5) is 22.3. The van der Waals surface area contributed by atoms with E-state index in [-0.39, 0.29) is 5.91 Å². The van der Waals surface area contributed by atoms with Crippen LogP contribution in [0.4, 0.5) is 5.13 Å². The molecule has 1 aliphatic heterocycles. The molecular weight excluding hydrogens is 422 g/mol. The molecule has 0 spiro atoms. The molecule has 0 aliphatic carbocycles. The fourth-order valence-electron chi connectivity index (χ4n) is 3.47. The number of amides is 1. The van der Waals surface area contributed by atoms with Crippen molar-refractivity contribution in [3.05, 3.63) is 52.5 Å². The maximum atomic E-state index is 13.5. The molecule has 30 heavy (non-hydrogen) atoms. The molecule has 1 amide bonds. The number of hydrogen-bond donors (Lipinski definition) is 0. The average molecular weight is 446 g/mol. The second-order valence-electron chi connectivity index (χ2n) is 7.18. The summed E-state index contributed by atoms with van der Waals surface area (Å²) in [6, 6.07) is 11.0. The van der Waals surface area contributed by atoms with Gasteiger partial charge in [0, 0.05) is 31.7 Å². The largest absolute Gasteiger partial charge is 0.497 e. The number of benzene rings is 2. The molecule has 2 heterocycles. The van der Waals surface area contributed by atoms with Crippen molar-refractivity contribution in [1.82, 2.24) is 9.88 Å². The molecule has 0 bridgehead atoms. The monoisotopic (exact) mass is 445 g/mol. The number of anilines is 1. The standard InChI is InChI=1S/C22H24ClN3O3S/c1-15-6-7-18(23)20-19(15)24-22(30-20)26(9-8-25-10-12-29-13-11-25)21(27)16-4-3-5-17(14-16)28-2/h3-7,14H,8-13H2,1-2H3. The SMILES string of the molecule is COc1cccc(C(=O)N(CCN2CCOCC2)c2nc3c(C)ccc(Cl)c3s2)c1. The lowest BCUT2D eigenvalue weighted by Crippen LogP contribution is -2.43. The molecule has 4 rings (SSSR count). The Morgan fingerprint density at radius 3 is 2.83 bits per heavy atom. The maximum Gasteiger partial charge on any atom is 0.260 e. The summed E-state index contributed by atoms with van der Waals surface area (Å²) in [6.45, 7) is 6.47. The Balaban J connectivity index is 1.68. The molecule has 3 aromatic rings. The number of hydrogen-bond acceptors (Lipinski definition) is 6. The number of rotatable bonds is 6. The normalized spacial score (nSPS) is 14.8. The Morgan fingerprint density at radius 2 is 2.10 bits per heavy atom. The van der Waals surface area contributed by atoms with E-state index in [0.717, 1.165) is 48.6 Å².